The number of amides is 7. The molecule has 1 fully saturated rings. The van der Waals surface area contributed by atoms with Crippen LogP contribution in [0.2, 0.25) is 0 Å². The van der Waals surface area contributed by atoms with Gasteiger partial charge in [-0.15, -0.1) is 0 Å². The fourth-order valence-corrected chi connectivity index (χ4v) is 8.53. The van der Waals surface area contributed by atoms with Crippen LogP contribution in [-0.2, 0) is 43.4 Å². The van der Waals surface area contributed by atoms with Gasteiger partial charge in [0.1, 0.15) is 29.7 Å². The zero-order chi connectivity index (χ0) is 51.5. The summed E-state index contributed by atoms with van der Waals surface area (Å²) < 4.78 is 0. The second kappa shape index (κ2) is 27.4. The monoisotopic (exact) mass is 977 g/mol. The number of H-pyrrole nitrogens is 1. The summed E-state index contributed by atoms with van der Waals surface area (Å²) in [5.74, 6) is -3.90. The maximum atomic E-state index is 14.8. The lowest BCUT2D eigenvalue weighted by atomic mass is 9.85. The molecule has 1 saturated heterocycles. The molecule has 0 bridgehead atoms. The Balaban J connectivity index is 1.57. The number of imidazole rings is 1. The second-order valence-corrected chi connectivity index (χ2v) is 19.3. The van der Waals surface area contributed by atoms with Crippen LogP contribution >= 0.6 is 0 Å². The number of benzene rings is 1. The van der Waals surface area contributed by atoms with E-state index in [4.69, 9.17) is 0 Å². The third kappa shape index (κ3) is 16.0. The summed E-state index contributed by atoms with van der Waals surface area (Å²) in [4.78, 5) is 98.5. The molecule has 0 saturated carbocycles. The Kier molecular flexibility index (Phi) is 22.2. The number of aliphatic hydroxyl groups excluding tert-OH is 4. The van der Waals surface area contributed by atoms with Crippen LogP contribution in [0.1, 0.15) is 90.6 Å². The van der Waals surface area contributed by atoms with Gasteiger partial charge in [-0.1, -0.05) is 84.4 Å². The average molecular weight is 977 g/mol. The molecule has 20 nitrogen and oxygen atoms in total. The van der Waals surface area contributed by atoms with E-state index in [1.54, 1.807) is 42.6 Å². The molecule has 386 valence electrons. The van der Waals surface area contributed by atoms with E-state index in [1.165, 1.54) is 29.4 Å². The van der Waals surface area contributed by atoms with Crippen molar-refractivity contribution in [2.24, 2.45) is 23.7 Å². The number of nitrogens with zero attached hydrogens (tertiary/aromatic N) is 4. The number of carbonyl (C=O) groups is 6. The van der Waals surface area contributed by atoms with Gasteiger partial charge in [0.2, 0.25) is 29.5 Å². The number of likely N-dealkylation sites (N-methyl/N-ethyl adjacent to an activating group) is 1. The van der Waals surface area contributed by atoms with Crippen LogP contribution in [0.5, 0.6) is 0 Å². The Bertz CT molecular complexity index is 2100. The molecule has 1 aromatic carbocycles. The molecule has 70 heavy (non-hydrogen) atoms. The first kappa shape index (κ1) is 56.6. The average Bonchev–Trinajstić information content (AvgIpc) is 4.08. The third-order valence-corrected chi connectivity index (χ3v) is 13.2. The molecule has 2 aromatic heterocycles. The lowest BCUT2D eigenvalue weighted by Gasteiger charge is -2.35. The van der Waals surface area contributed by atoms with Crippen molar-refractivity contribution in [3.8, 4) is 0 Å². The van der Waals surface area contributed by atoms with Crippen LogP contribution in [-0.4, -0.2) is 156 Å². The van der Waals surface area contributed by atoms with Crippen molar-refractivity contribution in [2.75, 3.05) is 33.4 Å². The molecule has 8 atom stereocenters. The summed E-state index contributed by atoms with van der Waals surface area (Å²) >= 11 is 0. The van der Waals surface area contributed by atoms with Gasteiger partial charge in [0.15, 0.2) is 0 Å². The van der Waals surface area contributed by atoms with E-state index >= 15 is 0 Å². The van der Waals surface area contributed by atoms with E-state index in [0.29, 0.717) is 36.2 Å². The largest absolute Gasteiger partial charge is 0.394 e. The Morgan fingerprint density at radius 1 is 0.871 bits per heavy atom. The Morgan fingerprint density at radius 2 is 1.56 bits per heavy atom. The lowest BCUT2D eigenvalue weighted by molar-refractivity contribution is -0.142. The molecule has 0 spiro atoms. The quantitative estimate of drug-likeness (QED) is 0.0516. The lowest BCUT2D eigenvalue weighted by Crippen LogP contribution is -2.62. The summed E-state index contributed by atoms with van der Waals surface area (Å²) in [6.45, 7) is 9.45. The van der Waals surface area contributed by atoms with Crippen LogP contribution in [0.15, 0.2) is 67.3 Å². The minimum absolute atomic E-state index is 0.0207. The summed E-state index contributed by atoms with van der Waals surface area (Å²) in [5.41, 5.74) is 0.164. The minimum atomic E-state index is -1.73. The van der Waals surface area contributed by atoms with Crippen molar-refractivity contribution < 1.29 is 49.2 Å². The normalized spacial score (nSPS) is 16.9. The molecule has 10 N–H and O–H groups in total. The number of aromatic nitrogens is 3. The summed E-state index contributed by atoms with van der Waals surface area (Å²) in [6, 6.07) is 8.37. The molecular formula is C50H76N10O10. The Labute approximate surface area is 411 Å². The van der Waals surface area contributed by atoms with Crippen LogP contribution in [0.25, 0.3) is 0 Å². The standard InChI is InChI=1S/C50H76N10O10/c1-8-33(6)43(47(68)53-26-35-17-12-13-19-52-35)57-44(65)37(32(4)5)24-42(64)38(21-31(2)3)55-46(67)41(23-36-25-51-30-54-36)59(7)48(69)39(22-34-15-10-9-11-16-34)56-45(66)40-18-14-20-60(40)49(70)58-50(27-61,28-62)29-63/h9-13,15-17,19,25,30-33,37-43,61-64H,8,14,18,20-24,26-29H2,1-7H3,(H,51,54)(H,53,68)(H,55,67)(H,56,66)(H,57,65)(H,58,70)/t33-,37+,38+,39+,40+,41+,42+,43+/m1/s1. The predicted octanol–water partition coefficient (Wildman–Crippen LogP) is 1.19. The fourth-order valence-electron chi connectivity index (χ4n) is 8.53. The summed E-state index contributed by atoms with van der Waals surface area (Å²) in [7, 11) is 1.45. The van der Waals surface area contributed by atoms with Gasteiger partial charge in [-0.05, 0) is 61.1 Å². The van der Waals surface area contributed by atoms with Crippen LogP contribution in [0, 0.1) is 23.7 Å². The molecule has 4 rings (SSSR count). The van der Waals surface area contributed by atoms with Gasteiger partial charge in [0.05, 0.1) is 50.5 Å². The molecule has 0 unspecified atom stereocenters. The minimum Gasteiger partial charge on any atom is -0.394 e. The highest BCUT2D eigenvalue weighted by Gasteiger charge is 2.41. The first-order valence-corrected chi connectivity index (χ1v) is 24.3. The highest BCUT2D eigenvalue weighted by molar-refractivity contribution is 5.95. The highest BCUT2D eigenvalue weighted by atomic mass is 16.3. The van der Waals surface area contributed by atoms with Gasteiger partial charge >= 0.3 is 6.03 Å². The summed E-state index contributed by atoms with van der Waals surface area (Å²) in [5, 5.41) is 55.6. The molecule has 3 aromatic rings. The van der Waals surface area contributed by atoms with Gasteiger partial charge in [0.25, 0.3) is 0 Å². The maximum Gasteiger partial charge on any atom is 0.318 e. The molecule has 0 radical (unpaired) electrons. The smallest absolute Gasteiger partial charge is 0.318 e. The van der Waals surface area contributed by atoms with E-state index in [-0.39, 0.29) is 62.4 Å². The zero-order valence-corrected chi connectivity index (χ0v) is 41.6. The van der Waals surface area contributed by atoms with Gasteiger partial charge in [-0.25, -0.2) is 9.78 Å². The topological polar surface area (TPSA) is 292 Å². The van der Waals surface area contributed by atoms with E-state index in [9.17, 15) is 49.2 Å². The Hall–Kier alpha value is -5.96. The number of carbonyl (C=O) groups excluding carboxylic acids is 6. The van der Waals surface area contributed by atoms with Gasteiger partial charge in [0, 0.05) is 50.4 Å². The van der Waals surface area contributed by atoms with Crippen molar-refractivity contribution in [3.05, 3.63) is 84.2 Å². The van der Waals surface area contributed by atoms with Crippen molar-refractivity contribution in [2.45, 2.75) is 135 Å². The van der Waals surface area contributed by atoms with Crippen molar-refractivity contribution in [1.29, 1.82) is 0 Å². The number of urea groups is 1. The zero-order valence-electron chi connectivity index (χ0n) is 41.6. The van der Waals surface area contributed by atoms with E-state index in [0.717, 1.165) is 0 Å². The predicted molar refractivity (Wildman–Crippen MR) is 261 cm³/mol. The van der Waals surface area contributed by atoms with Crippen LogP contribution < -0.4 is 26.6 Å². The molecule has 7 amide bonds. The van der Waals surface area contributed by atoms with E-state index in [2.05, 4.69) is 41.5 Å². The van der Waals surface area contributed by atoms with Gasteiger partial charge in [-0.3, -0.25) is 29.0 Å². The number of aliphatic hydroxyl groups is 4. The first-order valence-electron chi connectivity index (χ1n) is 24.3. The van der Waals surface area contributed by atoms with Crippen LogP contribution in [0.4, 0.5) is 4.79 Å². The molecule has 1 aliphatic heterocycles. The van der Waals surface area contributed by atoms with Gasteiger partial charge in [-0.2, -0.15) is 0 Å². The van der Waals surface area contributed by atoms with E-state index < -0.39 is 97.3 Å². The van der Waals surface area contributed by atoms with Crippen molar-refractivity contribution in [3.63, 3.8) is 0 Å². The number of hydrogen-bond acceptors (Lipinski definition) is 12. The number of nitrogens with one attached hydrogen (secondary N) is 6. The number of aromatic amines is 1. The second-order valence-electron chi connectivity index (χ2n) is 19.3. The maximum absolute atomic E-state index is 14.8. The molecule has 3 heterocycles. The number of hydrogen-bond donors (Lipinski definition) is 10. The molecule has 20 heteroatoms. The summed E-state index contributed by atoms with van der Waals surface area (Å²) in [6.07, 6.45) is 4.92. The van der Waals surface area contributed by atoms with E-state index in [1.807, 2.05) is 53.7 Å². The highest BCUT2D eigenvalue weighted by Crippen LogP contribution is 2.24. The van der Waals surface area contributed by atoms with Crippen molar-refractivity contribution in [1.82, 2.24) is 51.3 Å². The van der Waals surface area contributed by atoms with Gasteiger partial charge < -0.3 is 61.8 Å². The Morgan fingerprint density at radius 3 is 2.14 bits per heavy atom. The number of likely N-dealkylation sites (tertiary alicyclic amines) is 1. The molecule has 1 aliphatic rings. The number of pyridine rings is 1. The van der Waals surface area contributed by atoms with Crippen LogP contribution in [0.3, 0.4) is 0 Å². The fraction of sp³-hybridized carbons (Fsp3) is 0.600. The molecule has 0 aliphatic carbocycles. The molecular weight excluding hydrogens is 901 g/mol. The third-order valence-electron chi connectivity index (χ3n) is 13.2. The number of rotatable bonds is 27. The SMILES string of the molecule is CC[C@@H](C)[C@H](NC(=O)[C@@H](C[C@H](O)[C@H](CC(C)C)NC(=O)[C@H](Cc1cnc[nH]1)N(C)C(=O)[C@H](Cc1ccccc1)NC(=O)[C@@H]1CCCN1C(=O)NC(CO)(CO)CO)C(C)C)C(=O)NCc1ccccn1. The first-order chi connectivity index (χ1) is 33.4. The van der Waals surface area contributed by atoms with Crippen molar-refractivity contribution >= 4 is 35.6 Å².